The minimum atomic E-state index is -1.31. The van der Waals surface area contributed by atoms with Gasteiger partial charge in [0, 0.05) is 0 Å². The summed E-state index contributed by atoms with van der Waals surface area (Å²) >= 11 is 0. The molecule has 0 aliphatic carbocycles. The lowest BCUT2D eigenvalue weighted by Gasteiger charge is -2.34. The Labute approximate surface area is 67.1 Å². The molecule has 0 aromatic heterocycles. The van der Waals surface area contributed by atoms with E-state index < -0.39 is 17.9 Å². The van der Waals surface area contributed by atoms with Gasteiger partial charge in [-0.15, -0.1) is 0 Å². The molecule has 0 unspecified atom stereocenters. The van der Waals surface area contributed by atoms with Gasteiger partial charge in [0.2, 0.25) is 11.9 Å². The van der Waals surface area contributed by atoms with Crippen LogP contribution in [0.25, 0.3) is 0 Å². The highest BCUT2D eigenvalue weighted by atomic mass is 16.4. The van der Waals surface area contributed by atoms with Gasteiger partial charge in [-0.1, -0.05) is 0 Å². The molecule has 0 saturated carbocycles. The number of amides is 2. The number of hydrogen-bond acceptors (Lipinski definition) is 3. The molecule has 0 bridgehead atoms. The number of aliphatic carboxylic acids is 1. The summed E-state index contributed by atoms with van der Waals surface area (Å²) in [5.41, 5.74) is 0. The molecule has 64 valence electrons. The van der Waals surface area contributed by atoms with Gasteiger partial charge in [-0.2, -0.15) is 0 Å². The highest BCUT2D eigenvalue weighted by Gasteiger charge is 2.53. The number of fused-ring (bicyclic) bond motifs is 1. The summed E-state index contributed by atoms with van der Waals surface area (Å²) in [7, 11) is 0. The second kappa shape index (κ2) is 1.96. The zero-order chi connectivity index (χ0) is 8.88. The smallest absolute Gasteiger partial charge is 0.336 e. The van der Waals surface area contributed by atoms with E-state index in [9.17, 15) is 14.4 Å². The first kappa shape index (κ1) is 7.08. The van der Waals surface area contributed by atoms with Crippen molar-refractivity contribution in [3.63, 3.8) is 0 Å². The summed E-state index contributed by atoms with van der Waals surface area (Å²) in [6.07, 6.45) is -0.165. The van der Waals surface area contributed by atoms with Gasteiger partial charge in [0.25, 0.3) is 5.91 Å². The fourth-order valence-electron chi connectivity index (χ4n) is 1.48. The SMILES string of the molecule is O=C(O)[C@@H]1C(=O)N[C@H]2CC(=O)N12. The van der Waals surface area contributed by atoms with Gasteiger partial charge in [-0.05, 0) is 0 Å². The van der Waals surface area contributed by atoms with Crippen LogP contribution in [-0.4, -0.2) is 40.0 Å². The molecular weight excluding hydrogens is 164 g/mol. The quantitative estimate of drug-likeness (QED) is 0.356. The second-order valence-electron chi connectivity index (χ2n) is 2.77. The highest BCUT2D eigenvalue weighted by Crippen LogP contribution is 2.25. The number of carbonyl (C=O) groups excluding carboxylic acids is 2. The standard InChI is InChI=1S/C6H6N2O4/c9-3-1-2-7-5(10)4(6(11)12)8(2)3/h2,4H,1H2,(H,7,10)(H,11,12)/t2-,4+/m1/s1. The van der Waals surface area contributed by atoms with Gasteiger partial charge >= 0.3 is 5.97 Å². The minimum Gasteiger partial charge on any atom is -0.479 e. The molecule has 2 heterocycles. The van der Waals surface area contributed by atoms with Crippen LogP contribution in [-0.2, 0) is 14.4 Å². The first-order valence-electron chi connectivity index (χ1n) is 3.45. The highest BCUT2D eigenvalue weighted by molar-refractivity contribution is 6.08. The van der Waals surface area contributed by atoms with Crippen LogP contribution in [0.2, 0.25) is 0 Å². The lowest BCUT2D eigenvalue weighted by Crippen LogP contribution is -2.56. The molecule has 2 fully saturated rings. The van der Waals surface area contributed by atoms with Crippen molar-refractivity contribution < 1.29 is 19.5 Å². The van der Waals surface area contributed by atoms with Crippen LogP contribution in [0.1, 0.15) is 6.42 Å². The number of carbonyl (C=O) groups is 3. The Hall–Kier alpha value is -1.59. The molecule has 6 nitrogen and oxygen atoms in total. The Morgan fingerprint density at radius 3 is 2.67 bits per heavy atom. The van der Waals surface area contributed by atoms with E-state index in [2.05, 4.69) is 5.32 Å². The summed E-state index contributed by atoms with van der Waals surface area (Å²) in [5.74, 6) is -2.16. The lowest BCUT2D eigenvalue weighted by atomic mass is 10.1. The zero-order valence-corrected chi connectivity index (χ0v) is 5.98. The maximum absolute atomic E-state index is 10.9. The fraction of sp³-hybridized carbons (Fsp3) is 0.500. The zero-order valence-electron chi connectivity index (χ0n) is 5.98. The molecule has 2 N–H and O–H groups in total. The third kappa shape index (κ3) is 0.662. The van der Waals surface area contributed by atoms with E-state index >= 15 is 0 Å². The topological polar surface area (TPSA) is 86.7 Å². The fourth-order valence-corrected chi connectivity index (χ4v) is 1.48. The Morgan fingerprint density at radius 1 is 1.58 bits per heavy atom. The van der Waals surface area contributed by atoms with E-state index in [1.807, 2.05) is 0 Å². The van der Waals surface area contributed by atoms with Crippen molar-refractivity contribution in [3.05, 3.63) is 0 Å². The molecule has 2 aliphatic rings. The lowest BCUT2D eigenvalue weighted by molar-refractivity contribution is -0.158. The number of nitrogens with zero attached hydrogens (tertiary/aromatic N) is 1. The van der Waals surface area contributed by atoms with Crippen molar-refractivity contribution >= 4 is 17.8 Å². The monoisotopic (exact) mass is 170 g/mol. The minimum absolute atomic E-state index is 0.218. The van der Waals surface area contributed by atoms with Crippen LogP contribution in [0.15, 0.2) is 0 Å². The summed E-state index contributed by atoms with van der Waals surface area (Å²) in [5, 5.41) is 11.0. The number of nitrogens with one attached hydrogen (secondary N) is 1. The molecule has 2 saturated heterocycles. The maximum atomic E-state index is 10.9. The first-order valence-corrected chi connectivity index (χ1v) is 3.45. The van der Waals surface area contributed by atoms with Crippen LogP contribution in [0, 0.1) is 0 Å². The van der Waals surface area contributed by atoms with Gasteiger partial charge in [0.05, 0.1) is 6.42 Å². The number of hydrogen-bond donors (Lipinski definition) is 2. The van der Waals surface area contributed by atoms with Gasteiger partial charge in [-0.25, -0.2) is 4.79 Å². The van der Waals surface area contributed by atoms with E-state index in [0.29, 0.717) is 0 Å². The molecule has 2 amide bonds. The van der Waals surface area contributed by atoms with Crippen LogP contribution in [0.3, 0.4) is 0 Å². The van der Waals surface area contributed by atoms with Gasteiger partial charge in [0.15, 0.2) is 0 Å². The summed E-state index contributed by atoms with van der Waals surface area (Å²) < 4.78 is 0. The molecule has 0 aromatic rings. The molecule has 2 atom stereocenters. The van der Waals surface area contributed by atoms with Crippen molar-refractivity contribution in [1.82, 2.24) is 10.2 Å². The largest absolute Gasteiger partial charge is 0.479 e. The molecule has 6 heteroatoms. The molecule has 0 spiro atoms. The Kier molecular flexibility index (Phi) is 1.16. The predicted molar refractivity (Wildman–Crippen MR) is 34.8 cm³/mol. The van der Waals surface area contributed by atoms with E-state index in [0.717, 1.165) is 4.90 Å². The average molecular weight is 170 g/mol. The van der Waals surface area contributed by atoms with E-state index in [-0.39, 0.29) is 18.5 Å². The third-order valence-electron chi connectivity index (χ3n) is 2.06. The van der Waals surface area contributed by atoms with Gasteiger partial charge < -0.3 is 10.4 Å². The number of carboxylic acids is 1. The molecule has 2 aliphatic heterocycles. The Bertz CT molecular complexity index is 287. The number of rotatable bonds is 1. The second-order valence-corrected chi connectivity index (χ2v) is 2.77. The Morgan fingerprint density at radius 2 is 2.25 bits per heavy atom. The van der Waals surface area contributed by atoms with E-state index in [1.54, 1.807) is 0 Å². The summed E-state index contributed by atoms with van der Waals surface area (Å²) in [6.45, 7) is 0. The third-order valence-corrected chi connectivity index (χ3v) is 2.06. The summed E-state index contributed by atoms with van der Waals surface area (Å²) in [6, 6.07) is -1.31. The molecule has 0 aromatic carbocycles. The van der Waals surface area contributed by atoms with E-state index in [4.69, 9.17) is 5.11 Å². The van der Waals surface area contributed by atoms with Crippen LogP contribution in [0.4, 0.5) is 0 Å². The van der Waals surface area contributed by atoms with Crippen LogP contribution >= 0.6 is 0 Å². The van der Waals surface area contributed by atoms with Crippen LogP contribution < -0.4 is 5.32 Å². The van der Waals surface area contributed by atoms with E-state index in [1.165, 1.54) is 0 Å². The van der Waals surface area contributed by atoms with Crippen molar-refractivity contribution in [2.45, 2.75) is 18.6 Å². The first-order chi connectivity index (χ1) is 5.61. The normalized spacial score (nSPS) is 32.5. The van der Waals surface area contributed by atoms with Crippen molar-refractivity contribution in [2.75, 3.05) is 0 Å². The van der Waals surface area contributed by atoms with Crippen molar-refractivity contribution in [1.29, 1.82) is 0 Å². The van der Waals surface area contributed by atoms with Crippen LogP contribution in [0.5, 0.6) is 0 Å². The van der Waals surface area contributed by atoms with Crippen molar-refractivity contribution in [3.8, 4) is 0 Å². The average Bonchev–Trinajstić information content (AvgIpc) is 2.22. The maximum Gasteiger partial charge on any atom is 0.336 e. The predicted octanol–water partition coefficient (Wildman–Crippen LogP) is -1.87. The number of β-lactam (4-membered cyclic amide) rings is 1. The summed E-state index contributed by atoms with van der Waals surface area (Å²) in [4.78, 5) is 33.3. The Balaban J connectivity index is 2.26. The van der Waals surface area contributed by atoms with Gasteiger partial charge in [-0.3, -0.25) is 14.5 Å². The molecule has 12 heavy (non-hydrogen) atoms. The molecule has 0 radical (unpaired) electrons. The van der Waals surface area contributed by atoms with Crippen molar-refractivity contribution in [2.24, 2.45) is 0 Å². The molecule has 2 rings (SSSR count). The molecular formula is C6H6N2O4. The number of carboxylic acid groups (broad SMARTS) is 1. The van der Waals surface area contributed by atoms with Gasteiger partial charge in [0.1, 0.15) is 6.17 Å².